The van der Waals surface area contributed by atoms with E-state index < -0.39 is 11.6 Å². The number of esters is 1. The fourth-order valence-electron chi connectivity index (χ4n) is 5.73. The Kier molecular flexibility index (Phi) is 5.52. The second-order valence-electron chi connectivity index (χ2n) is 9.90. The highest BCUT2D eigenvalue weighted by Gasteiger charge is 2.45. The highest BCUT2D eigenvalue weighted by atomic mass is 16.7. The Morgan fingerprint density at radius 1 is 1.22 bits per heavy atom. The van der Waals surface area contributed by atoms with Crippen LogP contribution in [0.4, 0.5) is 0 Å². The Balaban J connectivity index is 1.58. The van der Waals surface area contributed by atoms with E-state index in [2.05, 4.69) is 12.2 Å². The summed E-state index contributed by atoms with van der Waals surface area (Å²) in [5.41, 5.74) is 1.95. The zero-order valence-electron chi connectivity index (χ0n) is 21.2. The van der Waals surface area contributed by atoms with Gasteiger partial charge in [0.05, 0.1) is 41.0 Å². The molecule has 0 radical (unpaired) electrons. The molecular formula is C27H29N3O7. The predicted molar refractivity (Wildman–Crippen MR) is 134 cm³/mol. The molecule has 3 aliphatic rings. The molecule has 5 heterocycles. The first-order valence-corrected chi connectivity index (χ1v) is 12.5. The first-order valence-electron chi connectivity index (χ1n) is 12.5. The number of methoxy groups -OCH3 is 1. The van der Waals surface area contributed by atoms with Crippen LogP contribution in [-0.4, -0.2) is 47.2 Å². The second kappa shape index (κ2) is 8.54. The lowest BCUT2D eigenvalue weighted by Crippen LogP contribution is -2.44. The van der Waals surface area contributed by atoms with E-state index in [-0.39, 0.29) is 55.1 Å². The van der Waals surface area contributed by atoms with E-state index in [0.717, 1.165) is 16.5 Å². The maximum absolute atomic E-state index is 13.6. The minimum atomic E-state index is -1.88. The largest absolute Gasteiger partial charge is 0.458 e. The molecule has 0 amide bonds. The number of fused-ring (bicyclic) bond motifs is 5. The zero-order chi connectivity index (χ0) is 26.1. The van der Waals surface area contributed by atoms with Gasteiger partial charge >= 0.3 is 5.97 Å². The van der Waals surface area contributed by atoms with Crippen LogP contribution in [0, 0.1) is 0 Å². The molecule has 1 unspecified atom stereocenters. The number of aromatic nitrogens is 2. The average Bonchev–Trinajstić information content (AvgIpc) is 3.26. The zero-order valence-corrected chi connectivity index (χ0v) is 21.2. The molecule has 0 spiro atoms. The molecule has 6 rings (SSSR count). The topological polar surface area (TPSA) is 121 Å². The van der Waals surface area contributed by atoms with Gasteiger partial charge < -0.3 is 33.9 Å². The highest BCUT2D eigenvalue weighted by Crippen LogP contribution is 2.47. The summed E-state index contributed by atoms with van der Waals surface area (Å²) in [6.07, 6.45) is 0.0851. The van der Waals surface area contributed by atoms with Crippen molar-refractivity contribution in [3.05, 3.63) is 50.8 Å². The Hall–Kier alpha value is -3.47. The van der Waals surface area contributed by atoms with Crippen LogP contribution in [0.25, 0.3) is 22.3 Å². The van der Waals surface area contributed by atoms with Crippen LogP contribution in [-0.2, 0) is 33.0 Å². The number of rotatable bonds is 6. The number of nitrogens with one attached hydrogen (secondary N) is 1. The van der Waals surface area contributed by atoms with Crippen molar-refractivity contribution in [3.63, 3.8) is 0 Å². The summed E-state index contributed by atoms with van der Waals surface area (Å²) >= 11 is 0. The number of hydrogen-bond acceptors (Lipinski definition) is 9. The van der Waals surface area contributed by atoms with Crippen LogP contribution in [0.1, 0.15) is 55.5 Å². The number of ether oxygens (including phenoxy) is 4. The van der Waals surface area contributed by atoms with Crippen molar-refractivity contribution in [2.45, 2.75) is 58.0 Å². The number of carbonyl (C=O) groups is 1. The van der Waals surface area contributed by atoms with E-state index in [9.17, 15) is 14.7 Å². The third kappa shape index (κ3) is 3.39. The van der Waals surface area contributed by atoms with Crippen LogP contribution in [0.15, 0.2) is 23.0 Å². The van der Waals surface area contributed by atoms with E-state index in [1.807, 2.05) is 19.1 Å². The summed E-state index contributed by atoms with van der Waals surface area (Å²) in [5.74, 6) is 0.568. The van der Waals surface area contributed by atoms with Gasteiger partial charge in [-0.15, -0.1) is 0 Å². The molecule has 3 aromatic rings. The van der Waals surface area contributed by atoms with Gasteiger partial charge in [0.2, 0.25) is 6.79 Å². The van der Waals surface area contributed by atoms with Gasteiger partial charge in [-0.25, -0.2) is 9.78 Å². The standard InChI is InChI=1S/C27H29N3O7/c1-5-27(33)18-8-19-22-16(9-30(19)25(31)17(18)11-35-26(27)32)24-21-20(36-12-37-24)7-6-15(23(21)29-22)14(3)28-13(2)10-34-4/h6-8,13-14,28,33H,5,9-12H2,1-4H3/t13-,14?,27-/m0/s1. The Bertz CT molecular complexity index is 1510. The summed E-state index contributed by atoms with van der Waals surface area (Å²) in [6, 6.07) is 5.68. The van der Waals surface area contributed by atoms with E-state index in [4.69, 9.17) is 23.9 Å². The van der Waals surface area contributed by atoms with E-state index in [1.54, 1.807) is 24.7 Å². The molecule has 2 N–H and O–H groups in total. The molecule has 2 aromatic heterocycles. The van der Waals surface area contributed by atoms with Crippen molar-refractivity contribution in [2.24, 2.45) is 0 Å². The van der Waals surface area contributed by atoms with Gasteiger partial charge in [0, 0.05) is 30.3 Å². The highest BCUT2D eigenvalue weighted by molar-refractivity contribution is 5.98. The summed E-state index contributed by atoms with van der Waals surface area (Å²) in [7, 11) is 1.67. The quantitative estimate of drug-likeness (QED) is 0.379. The Morgan fingerprint density at radius 3 is 2.78 bits per heavy atom. The molecular weight excluding hydrogens is 478 g/mol. The summed E-state index contributed by atoms with van der Waals surface area (Å²) < 4.78 is 23.9. The van der Waals surface area contributed by atoms with Crippen molar-refractivity contribution in [3.8, 4) is 22.9 Å². The summed E-state index contributed by atoms with van der Waals surface area (Å²) in [4.78, 5) is 31.1. The van der Waals surface area contributed by atoms with E-state index in [1.165, 1.54) is 0 Å². The number of nitrogens with zero attached hydrogens (tertiary/aromatic N) is 2. The van der Waals surface area contributed by atoms with Crippen LogP contribution in [0.5, 0.6) is 11.5 Å². The molecule has 0 saturated heterocycles. The fourth-order valence-corrected chi connectivity index (χ4v) is 5.73. The average molecular weight is 508 g/mol. The third-order valence-electron chi connectivity index (χ3n) is 7.62. The van der Waals surface area contributed by atoms with Gasteiger partial charge in [0.25, 0.3) is 5.56 Å². The van der Waals surface area contributed by atoms with Gasteiger partial charge in [0.1, 0.15) is 18.1 Å². The van der Waals surface area contributed by atoms with Crippen LogP contribution in [0.3, 0.4) is 0 Å². The van der Waals surface area contributed by atoms with E-state index >= 15 is 0 Å². The maximum Gasteiger partial charge on any atom is 0.343 e. The SMILES string of the molecule is CC[C@@]1(O)C(=O)OCc2c1cc1n(c2=O)Cc2c-1nc1c(C(C)N[C@@H](C)COC)ccc3c1c2OCO3. The van der Waals surface area contributed by atoms with Crippen molar-refractivity contribution in [2.75, 3.05) is 20.5 Å². The van der Waals surface area contributed by atoms with Crippen LogP contribution >= 0.6 is 0 Å². The van der Waals surface area contributed by atoms with Crippen molar-refractivity contribution in [1.29, 1.82) is 0 Å². The van der Waals surface area contributed by atoms with Crippen LogP contribution in [0.2, 0.25) is 0 Å². The lowest BCUT2D eigenvalue weighted by Gasteiger charge is -2.31. The number of carbonyl (C=O) groups excluding carboxylic acids is 1. The van der Waals surface area contributed by atoms with Crippen LogP contribution < -0.4 is 20.3 Å². The van der Waals surface area contributed by atoms with Crippen molar-refractivity contribution in [1.82, 2.24) is 14.9 Å². The lowest BCUT2D eigenvalue weighted by molar-refractivity contribution is -0.172. The Morgan fingerprint density at radius 2 is 2.03 bits per heavy atom. The molecule has 1 aromatic carbocycles. The second-order valence-corrected chi connectivity index (χ2v) is 9.90. The maximum atomic E-state index is 13.6. The van der Waals surface area contributed by atoms with Gasteiger partial charge in [-0.05, 0) is 38.0 Å². The molecule has 3 aliphatic heterocycles. The molecule has 0 fully saturated rings. The number of pyridine rings is 2. The third-order valence-corrected chi connectivity index (χ3v) is 7.62. The molecule has 0 saturated carbocycles. The molecule has 3 atom stereocenters. The number of aliphatic hydroxyl groups is 1. The molecule has 0 bridgehead atoms. The first kappa shape index (κ1) is 23.9. The number of benzene rings is 1. The summed E-state index contributed by atoms with van der Waals surface area (Å²) in [6.45, 7) is 6.50. The molecule has 10 heteroatoms. The lowest BCUT2D eigenvalue weighted by atomic mass is 9.86. The summed E-state index contributed by atoms with van der Waals surface area (Å²) in [5, 5.41) is 15.5. The van der Waals surface area contributed by atoms with Crippen molar-refractivity contribution < 1.29 is 28.8 Å². The van der Waals surface area contributed by atoms with E-state index in [0.29, 0.717) is 35.0 Å². The molecule has 0 aliphatic carbocycles. The minimum Gasteiger partial charge on any atom is -0.458 e. The first-order chi connectivity index (χ1) is 17.8. The number of cyclic esters (lactones) is 1. The fraction of sp³-hybridized carbons (Fsp3) is 0.444. The normalized spacial score (nSPS) is 20.8. The van der Waals surface area contributed by atoms with Crippen molar-refractivity contribution >= 4 is 16.9 Å². The van der Waals surface area contributed by atoms with Gasteiger partial charge in [0.15, 0.2) is 5.60 Å². The Labute approximate surface area is 213 Å². The predicted octanol–water partition coefficient (Wildman–Crippen LogP) is 2.49. The minimum absolute atomic E-state index is 0.0518. The van der Waals surface area contributed by atoms with Gasteiger partial charge in [-0.3, -0.25) is 4.79 Å². The molecule has 37 heavy (non-hydrogen) atoms. The monoisotopic (exact) mass is 507 g/mol. The smallest absolute Gasteiger partial charge is 0.343 e. The number of hydrogen-bond donors (Lipinski definition) is 2. The van der Waals surface area contributed by atoms with Gasteiger partial charge in [-0.1, -0.05) is 13.0 Å². The molecule has 10 nitrogen and oxygen atoms in total. The van der Waals surface area contributed by atoms with Gasteiger partial charge in [-0.2, -0.15) is 0 Å². The molecule has 194 valence electrons.